The van der Waals surface area contributed by atoms with Crippen molar-refractivity contribution in [2.45, 2.75) is 76.7 Å². The van der Waals surface area contributed by atoms with Gasteiger partial charge < -0.3 is 14.9 Å². The normalized spacial score (nSPS) is 40.7. The maximum absolute atomic E-state index is 12.9. The quantitative estimate of drug-likeness (QED) is 0.685. The second kappa shape index (κ2) is 7.66. The number of hydroxylamine groups is 2. The number of aliphatic hydroxyl groups excluding tert-OH is 1. The number of hydrogen-bond donors (Lipinski definition) is 2. The zero-order valence-electron chi connectivity index (χ0n) is 18.9. The number of hydrazine groups is 1. The molecule has 7 atom stereocenters. The molecule has 0 aromatic heterocycles. The number of nitrogens with zero attached hydrogens (tertiary/aromatic N) is 3. The maximum Gasteiger partial charge on any atom is 0.427 e. The first-order chi connectivity index (χ1) is 15.2. The lowest BCUT2D eigenvalue weighted by Crippen LogP contribution is -2.53. The number of carboxylic acid groups (broad SMARTS) is 1. The van der Waals surface area contributed by atoms with Crippen LogP contribution in [0.25, 0.3) is 0 Å². The SMILES string of the molecule is CON1C(=O)C(N(C(=O)O)N2C=CC34CC(C)CC[C@H]3OC3=C4[C@H](C[C@@H](O)C3)C2)CC1C. The van der Waals surface area contributed by atoms with Crippen LogP contribution in [0.15, 0.2) is 23.6 Å². The summed E-state index contributed by atoms with van der Waals surface area (Å²) in [4.78, 5) is 30.5. The van der Waals surface area contributed by atoms with Crippen LogP contribution in [-0.2, 0) is 14.4 Å². The van der Waals surface area contributed by atoms with Gasteiger partial charge in [0.15, 0.2) is 0 Å². The van der Waals surface area contributed by atoms with Gasteiger partial charge in [-0.25, -0.2) is 14.9 Å². The van der Waals surface area contributed by atoms with Crippen molar-refractivity contribution in [3.63, 3.8) is 0 Å². The summed E-state index contributed by atoms with van der Waals surface area (Å²) in [5.74, 6) is 1.05. The Morgan fingerprint density at radius 1 is 1.31 bits per heavy atom. The van der Waals surface area contributed by atoms with Crippen molar-refractivity contribution in [1.29, 1.82) is 0 Å². The van der Waals surface area contributed by atoms with Crippen LogP contribution in [0.5, 0.6) is 0 Å². The van der Waals surface area contributed by atoms with Gasteiger partial charge in [0.2, 0.25) is 0 Å². The second-order valence-electron chi connectivity index (χ2n) is 10.2. The minimum atomic E-state index is -1.17. The fraction of sp³-hybridized carbons (Fsp3) is 0.739. The molecule has 5 aliphatic rings. The van der Waals surface area contributed by atoms with Crippen molar-refractivity contribution in [2.75, 3.05) is 13.7 Å². The molecule has 4 unspecified atom stereocenters. The van der Waals surface area contributed by atoms with Gasteiger partial charge in [-0.15, -0.1) is 0 Å². The lowest BCUT2D eigenvalue weighted by atomic mass is 9.61. The van der Waals surface area contributed by atoms with Crippen molar-refractivity contribution in [3.05, 3.63) is 23.6 Å². The number of hydrogen-bond acceptors (Lipinski definition) is 6. The topological polar surface area (TPSA) is 103 Å². The van der Waals surface area contributed by atoms with E-state index in [4.69, 9.17) is 9.57 Å². The summed E-state index contributed by atoms with van der Waals surface area (Å²) in [6.07, 6.45) is 6.77. The minimum Gasteiger partial charge on any atom is -0.493 e. The predicted octanol–water partition coefficient (Wildman–Crippen LogP) is 2.49. The molecule has 2 N–H and O–H groups in total. The highest BCUT2D eigenvalue weighted by Crippen LogP contribution is 2.59. The first kappa shape index (κ1) is 21.6. The Balaban J connectivity index is 1.53. The van der Waals surface area contributed by atoms with E-state index >= 15 is 0 Å². The average Bonchev–Trinajstić information content (AvgIpc) is 3.12. The molecule has 5 rings (SSSR count). The van der Waals surface area contributed by atoms with Crippen LogP contribution in [-0.4, -0.2) is 75.2 Å². The number of aliphatic hydroxyl groups is 1. The third-order valence-corrected chi connectivity index (χ3v) is 8.04. The van der Waals surface area contributed by atoms with Gasteiger partial charge in [0.05, 0.1) is 30.4 Å². The van der Waals surface area contributed by atoms with Gasteiger partial charge in [0.25, 0.3) is 5.91 Å². The standard InChI is InChI=1S/C23H33N3O6/c1-13-4-5-19-23(11-13)6-7-24(12-15-9-16(27)10-18(32-19)20(15)23)25(22(29)30)17-8-14(2)26(31-3)21(17)28/h6-7,13-17,19,27H,4-5,8-12H2,1-3H3,(H,29,30)/t13?,14?,15-,16-,17?,19-,23?/m1/s1. The summed E-state index contributed by atoms with van der Waals surface area (Å²) in [5, 5.41) is 24.8. The van der Waals surface area contributed by atoms with Crippen LogP contribution < -0.4 is 0 Å². The molecule has 0 radical (unpaired) electrons. The molecule has 9 heteroatoms. The Morgan fingerprint density at radius 2 is 2.09 bits per heavy atom. The van der Waals surface area contributed by atoms with Crippen LogP contribution in [0.4, 0.5) is 4.79 Å². The number of amides is 2. The summed E-state index contributed by atoms with van der Waals surface area (Å²) in [7, 11) is 1.43. The molecular weight excluding hydrogens is 414 g/mol. The van der Waals surface area contributed by atoms with Crippen LogP contribution in [0.3, 0.4) is 0 Å². The maximum atomic E-state index is 12.9. The monoisotopic (exact) mass is 447 g/mol. The van der Waals surface area contributed by atoms with E-state index in [1.165, 1.54) is 17.7 Å². The lowest BCUT2D eigenvalue weighted by molar-refractivity contribution is -0.179. The van der Waals surface area contributed by atoms with E-state index in [2.05, 4.69) is 13.0 Å². The van der Waals surface area contributed by atoms with E-state index in [0.29, 0.717) is 31.7 Å². The molecule has 32 heavy (non-hydrogen) atoms. The van der Waals surface area contributed by atoms with E-state index in [1.54, 1.807) is 5.01 Å². The largest absolute Gasteiger partial charge is 0.493 e. The Hall–Kier alpha value is -2.26. The summed E-state index contributed by atoms with van der Waals surface area (Å²) in [5.41, 5.74) is 0.982. The van der Waals surface area contributed by atoms with Gasteiger partial charge >= 0.3 is 6.09 Å². The third kappa shape index (κ3) is 3.12. The molecule has 1 saturated carbocycles. The van der Waals surface area contributed by atoms with Crippen LogP contribution in [0.1, 0.15) is 52.4 Å². The number of rotatable bonds is 3. The smallest absolute Gasteiger partial charge is 0.427 e. The summed E-state index contributed by atoms with van der Waals surface area (Å²) in [6, 6.07) is -1.06. The van der Waals surface area contributed by atoms with E-state index in [9.17, 15) is 19.8 Å². The molecule has 2 aliphatic carbocycles. The van der Waals surface area contributed by atoms with E-state index in [-0.39, 0.29) is 29.4 Å². The fourth-order valence-corrected chi connectivity index (χ4v) is 6.83. The van der Waals surface area contributed by atoms with Crippen molar-refractivity contribution in [3.8, 4) is 0 Å². The number of carbonyl (C=O) groups is 2. The molecule has 3 aliphatic heterocycles. The fourth-order valence-electron chi connectivity index (χ4n) is 6.83. The molecule has 0 aromatic rings. The molecule has 9 nitrogen and oxygen atoms in total. The highest BCUT2D eigenvalue weighted by atomic mass is 16.7. The minimum absolute atomic E-state index is 0.0306. The van der Waals surface area contributed by atoms with Crippen molar-refractivity contribution < 1.29 is 29.4 Å². The van der Waals surface area contributed by atoms with Gasteiger partial charge in [-0.05, 0) is 44.1 Å². The molecule has 2 fully saturated rings. The Labute approximate surface area is 188 Å². The second-order valence-corrected chi connectivity index (χ2v) is 10.2. The third-order valence-electron chi connectivity index (χ3n) is 8.04. The van der Waals surface area contributed by atoms with E-state index < -0.39 is 18.2 Å². The van der Waals surface area contributed by atoms with E-state index in [1.807, 2.05) is 13.1 Å². The van der Waals surface area contributed by atoms with E-state index in [0.717, 1.165) is 30.0 Å². The first-order valence-corrected chi connectivity index (χ1v) is 11.7. The number of carbonyl (C=O) groups excluding carboxylic acids is 1. The van der Waals surface area contributed by atoms with Gasteiger partial charge in [0, 0.05) is 31.5 Å². The van der Waals surface area contributed by atoms with Crippen molar-refractivity contribution in [1.82, 2.24) is 15.1 Å². The number of ether oxygens (including phenoxy) is 1. The van der Waals surface area contributed by atoms with Gasteiger partial charge in [-0.2, -0.15) is 0 Å². The van der Waals surface area contributed by atoms with Crippen LogP contribution >= 0.6 is 0 Å². The predicted molar refractivity (Wildman–Crippen MR) is 114 cm³/mol. The highest BCUT2D eigenvalue weighted by molar-refractivity contribution is 5.86. The van der Waals surface area contributed by atoms with Gasteiger partial charge in [0.1, 0.15) is 12.1 Å². The average molecular weight is 448 g/mol. The van der Waals surface area contributed by atoms with Crippen molar-refractivity contribution >= 4 is 12.0 Å². The van der Waals surface area contributed by atoms with Gasteiger partial charge in [-0.3, -0.25) is 14.6 Å². The zero-order valence-corrected chi connectivity index (χ0v) is 18.9. The molecule has 0 aromatic carbocycles. The summed E-state index contributed by atoms with van der Waals surface area (Å²) < 4.78 is 6.39. The summed E-state index contributed by atoms with van der Waals surface area (Å²) in [6.45, 7) is 4.49. The van der Waals surface area contributed by atoms with Crippen LogP contribution in [0.2, 0.25) is 0 Å². The Kier molecular flexibility index (Phi) is 5.16. The zero-order chi connectivity index (χ0) is 22.8. The highest BCUT2D eigenvalue weighted by Gasteiger charge is 2.57. The Bertz CT molecular complexity index is 874. The van der Waals surface area contributed by atoms with Gasteiger partial charge in [-0.1, -0.05) is 13.0 Å². The Morgan fingerprint density at radius 3 is 2.78 bits per heavy atom. The molecule has 1 saturated heterocycles. The molecule has 0 bridgehead atoms. The molecule has 176 valence electrons. The molecular formula is C23H33N3O6. The molecule has 3 heterocycles. The van der Waals surface area contributed by atoms with Crippen molar-refractivity contribution in [2.24, 2.45) is 17.3 Å². The molecule has 2 amide bonds. The lowest BCUT2D eigenvalue weighted by Gasteiger charge is -2.42. The molecule has 1 spiro atoms. The first-order valence-electron chi connectivity index (χ1n) is 11.7. The summed E-state index contributed by atoms with van der Waals surface area (Å²) >= 11 is 0. The van der Waals surface area contributed by atoms with Crippen LogP contribution in [0, 0.1) is 17.3 Å².